The lowest BCUT2D eigenvalue weighted by Crippen LogP contribution is -2.28. The molecule has 2 heterocycles. The zero-order valence-corrected chi connectivity index (χ0v) is 15.2. The number of hydrogen-bond donors (Lipinski definition) is 1. The van der Waals surface area contributed by atoms with Gasteiger partial charge in [-0.1, -0.05) is 24.3 Å². The van der Waals surface area contributed by atoms with E-state index in [1.165, 1.54) is 36.5 Å². The van der Waals surface area contributed by atoms with Gasteiger partial charge in [0.05, 0.1) is 12.1 Å². The average Bonchev–Trinajstić information content (AvgIpc) is 3.26. The van der Waals surface area contributed by atoms with Gasteiger partial charge in [-0.2, -0.15) is 13.2 Å². The number of nitrogens with one attached hydrogen (secondary N) is 1. The molecule has 148 valence electrons. The highest BCUT2D eigenvalue weighted by Crippen LogP contribution is 2.32. The molecule has 0 unspecified atom stereocenters. The zero-order chi connectivity index (χ0) is 20.6. The van der Waals surface area contributed by atoms with E-state index in [1.807, 2.05) is 0 Å². The van der Waals surface area contributed by atoms with Gasteiger partial charge in [-0.05, 0) is 35.4 Å². The topological polar surface area (TPSA) is 70.7 Å². The summed E-state index contributed by atoms with van der Waals surface area (Å²) in [5.74, 6) is -0.163. The monoisotopic (exact) mass is 400 g/mol. The molecule has 1 fully saturated rings. The molecular formula is C20H15F3N4O2. The molecule has 0 aliphatic carbocycles. The number of benzene rings is 2. The number of likely N-dealkylation sites (N-methyl/N-ethyl adjacent to an activating group) is 1. The predicted octanol–water partition coefficient (Wildman–Crippen LogP) is 3.81. The molecule has 0 spiro atoms. The Morgan fingerprint density at radius 3 is 2.83 bits per heavy atom. The molecule has 0 saturated carbocycles. The van der Waals surface area contributed by atoms with E-state index in [1.54, 1.807) is 24.3 Å². The Morgan fingerprint density at radius 2 is 2.03 bits per heavy atom. The van der Waals surface area contributed by atoms with Crippen molar-refractivity contribution >= 4 is 29.0 Å². The van der Waals surface area contributed by atoms with Crippen LogP contribution in [0.5, 0.6) is 0 Å². The number of guanidine groups is 1. The lowest BCUT2D eigenvalue weighted by atomic mass is 10.1. The molecule has 9 heteroatoms. The molecule has 1 aliphatic rings. The van der Waals surface area contributed by atoms with Crippen LogP contribution in [0.4, 0.5) is 13.2 Å². The van der Waals surface area contributed by atoms with E-state index in [0.29, 0.717) is 16.7 Å². The van der Waals surface area contributed by atoms with E-state index in [-0.39, 0.29) is 29.7 Å². The maximum Gasteiger partial charge on any atom is 0.416 e. The van der Waals surface area contributed by atoms with E-state index in [2.05, 4.69) is 15.3 Å². The lowest BCUT2D eigenvalue weighted by Gasteiger charge is -2.12. The standard InChI is InChI=1S/C20H15F3N4O2/c1-27-18(28)16(8-12-6-7-15-17(9-12)29-11-25-15)26-19(27)24-10-13-4-2-3-5-14(13)20(21,22)23/h2-9,11H,10H2,1H3,(H,24,26)/b16-8-. The Balaban J connectivity index is 1.58. The number of oxazole rings is 1. The number of halogens is 3. The van der Waals surface area contributed by atoms with Crippen molar-refractivity contribution in [3.63, 3.8) is 0 Å². The van der Waals surface area contributed by atoms with E-state index < -0.39 is 11.7 Å². The second-order valence-electron chi connectivity index (χ2n) is 6.42. The third kappa shape index (κ3) is 3.71. The quantitative estimate of drug-likeness (QED) is 0.679. The Hall–Kier alpha value is -3.62. The molecule has 0 atom stereocenters. The molecule has 1 aliphatic heterocycles. The number of rotatable bonds is 3. The summed E-state index contributed by atoms with van der Waals surface area (Å²) in [6.07, 6.45) is -1.52. The van der Waals surface area contributed by atoms with Gasteiger partial charge in [0, 0.05) is 7.05 Å². The highest BCUT2D eigenvalue weighted by atomic mass is 19.4. The molecule has 0 bridgehead atoms. The van der Waals surface area contributed by atoms with Crippen LogP contribution in [0, 0.1) is 0 Å². The highest BCUT2D eigenvalue weighted by Gasteiger charge is 2.33. The number of aliphatic imine (C=N–C) groups is 1. The SMILES string of the molecule is CN1C(=O)/C(=C/c2ccc3ncoc3c2)NC1=NCc1ccccc1C(F)(F)F. The van der Waals surface area contributed by atoms with Crippen LogP contribution in [0.2, 0.25) is 0 Å². The minimum Gasteiger partial charge on any atom is -0.443 e. The van der Waals surface area contributed by atoms with Crippen LogP contribution in [-0.2, 0) is 17.5 Å². The van der Waals surface area contributed by atoms with Crippen molar-refractivity contribution in [1.29, 1.82) is 0 Å². The summed E-state index contributed by atoms with van der Waals surface area (Å²) >= 11 is 0. The van der Waals surface area contributed by atoms with Crippen LogP contribution in [0.3, 0.4) is 0 Å². The van der Waals surface area contributed by atoms with Crippen LogP contribution >= 0.6 is 0 Å². The molecular weight excluding hydrogens is 385 g/mol. The second-order valence-corrected chi connectivity index (χ2v) is 6.42. The molecule has 1 N–H and O–H groups in total. The number of amides is 1. The highest BCUT2D eigenvalue weighted by molar-refractivity contribution is 6.15. The molecule has 3 aromatic rings. The van der Waals surface area contributed by atoms with Crippen LogP contribution in [-0.4, -0.2) is 28.8 Å². The average molecular weight is 400 g/mol. The van der Waals surface area contributed by atoms with E-state index in [4.69, 9.17) is 4.42 Å². The fourth-order valence-electron chi connectivity index (χ4n) is 3.00. The molecule has 1 amide bonds. The van der Waals surface area contributed by atoms with Gasteiger partial charge in [-0.3, -0.25) is 9.69 Å². The Kier molecular flexibility index (Phi) is 4.57. The van der Waals surface area contributed by atoms with Gasteiger partial charge in [-0.15, -0.1) is 0 Å². The first-order valence-electron chi connectivity index (χ1n) is 8.62. The first-order chi connectivity index (χ1) is 13.8. The number of hydrogen-bond acceptors (Lipinski definition) is 4. The maximum atomic E-state index is 13.1. The van der Waals surface area contributed by atoms with Gasteiger partial charge in [0.25, 0.3) is 5.91 Å². The molecule has 6 nitrogen and oxygen atoms in total. The van der Waals surface area contributed by atoms with Crippen molar-refractivity contribution in [3.05, 3.63) is 71.2 Å². The number of aromatic nitrogens is 1. The minimum atomic E-state index is -4.47. The summed E-state index contributed by atoms with van der Waals surface area (Å²) in [5, 5.41) is 2.87. The van der Waals surface area contributed by atoms with Gasteiger partial charge >= 0.3 is 6.18 Å². The molecule has 1 saturated heterocycles. The first-order valence-corrected chi connectivity index (χ1v) is 8.62. The lowest BCUT2D eigenvalue weighted by molar-refractivity contribution is -0.138. The normalized spacial score (nSPS) is 17.5. The van der Waals surface area contributed by atoms with Gasteiger partial charge in [0.15, 0.2) is 12.0 Å². The second kappa shape index (κ2) is 7.08. The number of carbonyl (C=O) groups excluding carboxylic acids is 1. The Morgan fingerprint density at radius 1 is 1.24 bits per heavy atom. The fraction of sp³-hybridized carbons (Fsp3) is 0.150. The minimum absolute atomic E-state index is 0.0309. The van der Waals surface area contributed by atoms with Crippen molar-refractivity contribution in [3.8, 4) is 0 Å². The summed E-state index contributed by atoms with van der Waals surface area (Å²) in [7, 11) is 1.50. The van der Waals surface area contributed by atoms with Crippen molar-refractivity contribution in [2.45, 2.75) is 12.7 Å². The number of nitrogens with zero attached hydrogens (tertiary/aromatic N) is 3. The maximum absolute atomic E-state index is 13.1. The van der Waals surface area contributed by atoms with Crippen molar-refractivity contribution in [1.82, 2.24) is 15.2 Å². The van der Waals surface area contributed by atoms with Crippen LogP contribution in [0.15, 0.2) is 64.0 Å². The van der Waals surface area contributed by atoms with Crippen molar-refractivity contribution in [2.75, 3.05) is 7.05 Å². The molecule has 1 aromatic heterocycles. The predicted molar refractivity (Wildman–Crippen MR) is 100 cm³/mol. The Labute approximate surface area is 163 Å². The summed E-state index contributed by atoms with van der Waals surface area (Å²) in [5.41, 5.74) is 1.53. The summed E-state index contributed by atoms with van der Waals surface area (Å²) in [6.45, 7) is -0.215. The van der Waals surface area contributed by atoms with Crippen molar-refractivity contribution < 1.29 is 22.4 Å². The smallest absolute Gasteiger partial charge is 0.416 e. The van der Waals surface area contributed by atoms with Crippen LogP contribution < -0.4 is 5.32 Å². The van der Waals surface area contributed by atoms with Gasteiger partial charge < -0.3 is 9.73 Å². The molecule has 2 aromatic carbocycles. The summed E-state index contributed by atoms with van der Waals surface area (Å²) in [4.78, 5) is 21.9. The van der Waals surface area contributed by atoms with Gasteiger partial charge in [0.2, 0.25) is 5.96 Å². The largest absolute Gasteiger partial charge is 0.443 e. The Bertz CT molecular complexity index is 1150. The zero-order valence-electron chi connectivity index (χ0n) is 15.2. The van der Waals surface area contributed by atoms with E-state index in [9.17, 15) is 18.0 Å². The van der Waals surface area contributed by atoms with Gasteiger partial charge in [0.1, 0.15) is 11.2 Å². The van der Waals surface area contributed by atoms with Crippen LogP contribution in [0.25, 0.3) is 17.2 Å². The van der Waals surface area contributed by atoms with E-state index >= 15 is 0 Å². The third-order valence-corrected chi connectivity index (χ3v) is 4.49. The number of fused-ring (bicyclic) bond motifs is 1. The first kappa shape index (κ1) is 18.7. The molecule has 29 heavy (non-hydrogen) atoms. The van der Waals surface area contributed by atoms with Gasteiger partial charge in [-0.25, -0.2) is 9.98 Å². The van der Waals surface area contributed by atoms with E-state index in [0.717, 1.165) is 6.07 Å². The van der Waals surface area contributed by atoms with Crippen molar-refractivity contribution in [2.24, 2.45) is 4.99 Å². The summed E-state index contributed by atoms with van der Waals surface area (Å²) in [6, 6.07) is 10.5. The third-order valence-electron chi connectivity index (χ3n) is 4.49. The molecule has 0 radical (unpaired) electrons. The van der Waals surface area contributed by atoms with Crippen LogP contribution in [0.1, 0.15) is 16.7 Å². The summed E-state index contributed by atoms with van der Waals surface area (Å²) < 4.78 is 44.6. The molecule has 4 rings (SSSR count). The number of carbonyl (C=O) groups is 1. The fourth-order valence-corrected chi connectivity index (χ4v) is 3.00. The number of alkyl halides is 3.